The number of alkyl halides is 9. The van der Waals surface area contributed by atoms with Gasteiger partial charge in [-0.25, -0.2) is 13.2 Å². The van der Waals surface area contributed by atoms with E-state index < -0.39 is 36.8 Å². The van der Waals surface area contributed by atoms with Crippen molar-refractivity contribution in [3.8, 4) is 0 Å². The third-order valence-corrected chi connectivity index (χ3v) is 1.75. The van der Waals surface area contributed by atoms with Crippen LogP contribution >= 0.6 is 0 Å². The highest BCUT2D eigenvalue weighted by Gasteiger charge is 2.70. The summed E-state index contributed by atoms with van der Waals surface area (Å²) in [6.45, 7) is 2.30. The minimum Gasteiger partial charge on any atom is -0.234 e. The Labute approximate surface area is 84.4 Å². The SMILES string of the molecule is [CH2]CC(F)(F)C(F)(F)[C@@H](F)C(F)(F)C(F)F. The van der Waals surface area contributed by atoms with Crippen LogP contribution in [0.2, 0.25) is 0 Å². The summed E-state index contributed by atoms with van der Waals surface area (Å²) >= 11 is 0. The minimum atomic E-state index is -5.92. The lowest BCUT2D eigenvalue weighted by atomic mass is 10.00. The Hall–Kier alpha value is -0.630. The number of halogens is 9. The quantitative estimate of drug-likeness (QED) is 0.661. The molecule has 0 bridgehead atoms. The highest BCUT2D eigenvalue weighted by molar-refractivity contribution is 4.98. The van der Waals surface area contributed by atoms with E-state index in [1.807, 2.05) is 0 Å². The smallest absolute Gasteiger partial charge is 0.234 e. The Morgan fingerprint density at radius 2 is 1.25 bits per heavy atom. The largest absolute Gasteiger partial charge is 0.346 e. The van der Waals surface area contributed by atoms with E-state index in [0.717, 1.165) is 0 Å². The fourth-order valence-electron chi connectivity index (χ4n) is 0.704. The molecule has 0 fully saturated rings. The van der Waals surface area contributed by atoms with Crippen LogP contribution in [-0.4, -0.2) is 30.4 Å². The van der Waals surface area contributed by atoms with Gasteiger partial charge in [0.2, 0.25) is 6.17 Å². The zero-order chi connectivity index (χ0) is 13.4. The van der Waals surface area contributed by atoms with E-state index in [-0.39, 0.29) is 0 Å². The number of hydrogen-bond acceptors (Lipinski definition) is 0. The van der Waals surface area contributed by atoms with Gasteiger partial charge in [0, 0.05) is 6.42 Å². The first-order valence-corrected chi connectivity index (χ1v) is 3.76. The zero-order valence-electron chi connectivity index (χ0n) is 7.47. The molecular weight excluding hydrogens is 255 g/mol. The Balaban J connectivity index is 5.19. The lowest BCUT2D eigenvalue weighted by Crippen LogP contribution is -2.56. The molecule has 9 heteroatoms. The van der Waals surface area contributed by atoms with Crippen LogP contribution in [0.1, 0.15) is 6.42 Å². The van der Waals surface area contributed by atoms with Crippen molar-refractivity contribution in [3.05, 3.63) is 6.92 Å². The van der Waals surface area contributed by atoms with Gasteiger partial charge in [-0.2, -0.15) is 26.3 Å². The molecule has 0 aliphatic heterocycles. The van der Waals surface area contributed by atoms with Crippen molar-refractivity contribution in [3.63, 3.8) is 0 Å². The maximum atomic E-state index is 12.5. The summed E-state index contributed by atoms with van der Waals surface area (Å²) in [6, 6.07) is 0. The summed E-state index contributed by atoms with van der Waals surface area (Å²) < 4.78 is 109. The lowest BCUT2D eigenvalue weighted by molar-refractivity contribution is -0.295. The third-order valence-electron chi connectivity index (χ3n) is 1.75. The van der Waals surface area contributed by atoms with E-state index in [9.17, 15) is 39.5 Å². The molecule has 1 radical (unpaired) electrons. The molecule has 0 aliphatic carbocycles. The van der Waals surface area contributed by atoms with Crippen molar-refractivity contribution < 1.29 is 39.5 Å². The van der Waals surface area contributed by atoms with Crippen molar-refractivity contribution in [2.75, 3.05) is 0 Å². The number of hydrogen-bond donors (Lipinski definition) is 0. The predicted octanol–water partition coefficient (Wildman–Crippen LogP) is 3.72. The maximum absolute atomic E-state index is 12.5. The highest BCUT2D eigenvalue weighted by Crippen LogP contribution is 2.46. The maximum Gasteiger partial charge on any atom is 0.346 e. The van der Waals surface area contributed by atoms with Crippen molar-refractivity contribution in [1.82, 2.24) is 0 Å². The van der Waals surface area contributed by atoms with Crippen LogP contribution in [0.3, 0.4) is 0 Å². The van der Waals surface area contributed by atoms with Gasteiger partial charge < -0.3 is 0 Å². The number of rotatable bonds is 5. The van der Waals surface area contributed by atoms with Gasteiger partial charge in [0.1, 0.15) is 0 Å². The first kappa shape index (κ1) is 15.4. The Kier molecular flexibility index (Phi) is 4.15. The molecule has 0 amide bonds. The second-order valence-electron chi connectivity index (χ2n) is 2.92. The van der Waals surface area contributed by atoms with E-state index in [0.29, 0.717) is 0 Å². The molecule has 0 N–H and O–H groups in total. The fourth-order valence-corrected chi connectivity index (χ4v) is 0.704. The van der Waals surface area contributed by atoms with Crippen LogP contribution in [-0.2, 0) is 0 Å². The van der Waals surface area contributed by atoms with Crippen LogP contribution in [0.4, 0.5) is 39.5 Å². The summed E-state index contributed by atoms with van der Waals surface area (Å²) in [5.41, 5.74) is 0. The molecule has 0 nitrogen and oxygen atoms in total. The second kappa shape index (κ2) is 4.33. The molecule has 1 atom stereocenters. The molecule has 0 unspecified atom stereocenters. The molecule has 0 spiro atoms. The Morgan fingerprint density at radius 3 is 1.50 bits per heavy atom. The van der Waals surface area contributed by atoms with E-state index in [4.69, 9.17) is 0 Å². The summed E-state index contributed by atoms with van der Waals surface area (Å²) in [6.07, 6.45) is -11.7. The predicted molar refractivity (Wildman–Crippen MR) is 35.7 cm³/mol. The van der Waals surface area contributed by atoms with Crippen LogP contribution in [0.5, 0.6) is 0 Å². The zero-order valence-corrected chi connectivity index (χ0v) is 7.47. The van der Waals surface area contributed by atoms with Gasteiger partial charge >= 0.3 is 24.2 Å². The molecule has 0 saturated heterocycles. The van der Waals surface area contributed by atoms with E-state index in [2.05, 4.69) is 6.92 Å². The Bertz CT molecular complexity index is 234. The molecule has 97 valence electrons. The van der Waals surface area contributed by atoms with Crippen molar-refractivity contribution >= 4 is 0 Å². The normalized spacial score (nSPS) is 16.7. The molecule has 0 saturated carbocycles. The summed E-state index contributed by atoms with van der Waals surface area (Å²) in [5.74, 6) is -17.0. The van der Waals surface area contributed by atoms with Gasteiger partial charge in [-0.05, 0) is 6.92 Å². The molecule has 0 aromatic carbocycles. The third kappa shape index (κ3) is 2.37. The van der Waals surface area contributed by atoms with Crippen molar-refractivity contribution in [2.45, 2.75) is 36.8 Å². The molecule has 0 heterocycles. The lowest BCUT2D eigenvalue weighted by Gasteiger charge is -2.31. The van der Waals surface area contributed by atoms with Gasteiger partial charge in [0.15, 0.2) is 0 Å². The topological polar surface area (TPSA) is 0 Å². The van der Waals surface area contributed by atoms with Gasteiger partial charge in [0.25, 0.3) is 0 Å². The average Bonchev–Trinajstić information content (AvgIpc) is 2.15. The van der Waals surface area contributed by atoms with Crippen LogP contribution in [0.15, 0.2) is 0 Å². The van der Waals surface area contributed by atoms with E-state index in [1.54, 1.807) is 0 Å². The average molecular weight is 261 g/mol. The summed E-state index contributed by atoms with van der Waals surface area (Å²) in [5, 5.41) is 0. The van der Waals surface area contributed by atoms with Crippen LogP contribution in [0.25, 0.3) is 0 Å². The summed E-state index contributed by atoms with van der Waals surface area (Å²) in [7, 11) is 0. The van der Waals surface area contributed by atoms with Gasteiger partial charge in [-0.15, -0.1) is 0 Å². The van der Waals surface area contributed by atoms with Crippen molar-refractivity contribution in [2.24, 2.45) is 0 Å². The summed E-state index contributed by atoms with van der Waals surface area (Å²) in [4.78, 5) is 0. The van der Waals surface area contributed by atoms with E-state index in [1.165, 1.54) is 0 Å². The highest BCUT2D eigenvalue weighted by atomic mass is 19.3. The van der Waals surface area contributed by atoms with Gasteiger partial charge in [0.05, 0.1) is 0 Å². The minimum absolute atomic E-state index is 1.90. The molecule has 0 aromatic rings. The first-order chi connectivity index (χ1) is 6.91. The fraction of sp³-hybridized carbons (Fsp3) is 0.857. The van der Waals surface area contributed by atoms with Crippen LogP contribution in [0, 0.1) is 6.92 Å². The standard InChI is InChI=1S/C7H6F9/c1-2-5(11,12)7(15,16)3(8)6(13,14)4(9)10/h3-4H,1-2H2/t3-/m0/s1. The molecule has 16 heavy (non-hydrogen) atoms. The van der Waals surface area contributed by atoms with Crippen LogP contribution < -0.4 is 0 Å². The van der Waals surface area contributed by atoms with Gasteiger partial charge in [-0.3, -0.25) is 0 Å². The van der Waals surface area contributed by atoms with E-state index >= 15 is 0 Å². The van der Waals surface area contributed by atoms with Gasteiger partial charge in [-0.1, -0.05) is 0 Å². The molecular formula is C7H6F9. The molecule has 0 rings (SSSR count). The monoisotopic (exact) mass is 261 g/mol. The Morgan fingerprint density at radius 1 is 0.875 bits per heavy atom. The first-order valence-electron chi connectivity index (χ1n) is 3.76. The molecule has 0 aromatic heterocycles. The molecule has 0 aliphatic rings. The second-order valence-corrected chi connectivity index (χ2v) is 2.92. The van der Waals surface area contributed by atoms with Crippen molar-refractivity contribution in [1.29, 1.82) is 0 Å².